The fourth-order valence-electron chi connectivity index (χ4n) is 2.22. The van der Waals surface area contributed by atoms with Crippen molar-refractivity contribution in [2.24, 2.45) is 0 Å². The maximum Gasteiger partial charge on any atom is -0.0105 e. The lowest BCUT2D eigenvalue weighted by Crippen LogP contribution is -1.83. The van der Waals surface area contributed by atoms with Crippen molar-refractivity contribution in [3.05, 3.63) is 84.9 Å². The van der Waals surface area contributed by atoms with Crippen LogP contribution in [-0.4, -0.2) is 0 Å². The summed E-state index contributed by atoms with van der Waals surface area (Å²) < 4.78 is 0. The summed E-state index contributed by atoms with van der Waals surface area (Å²) in [5.74, 6) is 0. The molecule has 3 rings (SSSR count). The second kappa shape index (κ2) is 6.01. The molecule has 0 nitrogen and oxygen atoms in total. The quantitative estimate of drug-likeness (QED) is 0.547. The van der Waals surface area contributed by atoms with Crippen LogP contribution < -0.4 is 0 Å². The molecule has 0 radical (unpaired) electrons. The molecule has 0 aliphatic carbocycles. The Morgan fingerprint density at radius 2 is 0.684 bits per heavy atom. The van der Waals surface area contributed by atoms with Crippen LogP contribution in [0.25, 0.3) is 22.3 Å². The van der Waals surface area contributed by atoms with Gasteiger partial charge in [-0.2, -0.15) is 0 Å². The lowest BCUT2D eigenvalue weighted by Gasteiger charge is -2.09. The molecule has 3 aromatic carbocycles. The first-order valence-electron chi connectivity index (χ1n) is 6.15. The lowest BCUT2D eigenvalue weighted by molar-refractivity contribution is 1.58. The van der Waals surface area contributed by atoms with Crippen LogP contribution in [0, 0.1) is 0 Å². The molecule has 19 heavy (non-hydrogen) atoms. The topological polar surface area (TPSA) is 0 Å². The molecule has 0 N–H and O–H groups in total. The van der Waals surface area contributed by atoms with Crippen LogP contribution in [0.5, 0.6) is 0 Å². The Bertz CT molecular complexity index is 566. The minimum atomic E-state index is 0. The molecule has 0 bridgehead atoms. The first-order chi connectivity index (χ1) is 8.95. The summed E-state index contributed by atoms with van der Waals surface area (Å²) in [6.45, 7) is 0. The van der Waals surface area contributed by atoms with Crippen LogP contribution in [0.2, 0.25) is 0 Å². The number of hydrogen-bond donors (Lipinski definition) is 0. The third-order valence-corrected chi connectivity index (χ3v) is 3.10. The van der Waals surface area contributed by atoms with Gasteiger partial charge in [0.2, 0.25) is 0 Å². The summed E-state index contributed by atoms with van der Waals surface area (Å²) >= 11 is 0. The van der Waals surface area contributed by atoms with Crippen LogP contribution >= 0.6 is 0 Å². The van der Waals surface area contributed by atoms with Gasteiger partial charge in [-0.25, -0.2) is 0 Å². The van der Waals surface area contributed by atoms with Gasteiger partial charge in [0.15, 0.2) is 0 Å². The van der Waals surface area contributed by atoms with Gasteiger partial charge in [-0.15, -0.1) is 0 Å². The van der Waals surface area contributed by atoms with Gasteiger partial charge in [0.1, 0.15) is 0 Å². The van der Waals surface area contributed by atoms with Gasteiger partial charge in [-0.05, 0) is 22.3 Å². The van der Waals surface area contributed by atoms with E-state index >= 15 is 0 Å². The first kappa shape index (κ1) is 13.1. The molecule has 0 heterocycles. The predicted octanol–water partition coefficient (Wildman–Crippen LogP) is 5.66. The van der Waals surface area contributed by atoms with Crippen molar-refractivity contribution in [2.75, 3.05) is 0 Å². The Labute approximate surface area is 115 Å². The molecule has 0 saturated carbocycles. The Hall–Kier alpha value is -2.34. The minimum absolute atomic E-state index is 0. The van der Waals surface area contributed by atoms with Crippen molar-refractivity contribution in [2.45, 2.75) is 7.43 Å². The van der Waals surface area contributed by atoms with E-state index in [1.807, 2.05) is 0 Å². The molecule has 0 unspecified atom stereocenters. The Morgan fingerprint density at radius 1 is 0.368 bits per heavy atom. The zero-order chi connectivity index (χ0) is 12.2. The highest BCUT2D eigenvalue weighted by Gasteiger charge is 2.05. The lowest BCUT2D eigenvalue weighted by atomic mass is 9.95. The maximum atomic E-state index is 2.18. The third kappa shape index (κ3) is 2.74. The SMILES string of the molecule is C.c1ccc(-c2ccccc2-c2ccccc2)cc1. The average Bonchev–Trinajstić information content (AvgIpc) is 2.49. The molecule has 3 aromatic rings. The maximum absolute atomic E-state index is 2.18. The van der Waals surface area contributed by atoms with E-state index in [0.29, 0.717) is 0 Å². The number of hydrogen-bond acceptors (Lipinski definition) is 0. The smallest absolute Gasteiger partial charge is 0.0105 e. The molecule has 0 aliphatic heterocycles. The summed E-state index contributed by atoms with van der Waals surface area (Å²) in [4.78, 5) is 0. The van der Waals surface area contributed by atoms with Gasteiger partial charge in [0.25, 0.3) is 0 Å². The monoisotopic (exact) mass is 246 g/mol. The highest BCUT2D eigenvalue weighted by molar-refractivity contribution is 5.83. The van der Waals surface area contributed by atoms with Gasteiger partial charge < -0.3 is 0 Å². The van der Waals surface area contributed by atoms with Crippen LogP contribution in [0.3, 0.4) is 0 Å². The van der Waals surface area contributed by atoms with Crippen molar-refractivity contribution in [1.82, 2.24) is 0 Å². The zero-order valence-electron chi connectivity index (χ0n) is 10.1. The van der Waals surface area contributed by atoms with Crippen LogP contribution in [0.1, 0.15) is 7.43 Å². The molecule has 94 valence electrons. The molecule has 0 spiro atoms. The molecule has 0 saturated heterocycles. The van der Waals surface area contributed by atoms with Crippen molar-refractivity contribution >= 4 is 0 Å². The molecule has 0 aliphatic rings. The van der Waals surface area contributed by atoms with Crippen LogP contribution in [0.4, 0.5) is 0 Å². The van der Waals surface area contributed by atoms with E-state index in [9.17, 15) is 0 Å². The largest absolute Gasteiger partial charge is 0.0776 e. The second-order valence-corrected chi connectivity index (χ2v) is 4.28. The molecular weight excluding hydrogens is 228 g/mol. The Kier molecular flexibility index (Phi) is 4.15. The number of rotatable bonds is 2. The summed E-state index contributed by atoms with van der Waals surface area (Å²) in [5.41, 5.74) is 5.09. The van der Waals surface area contributed by atoms with Gasteiger partial charge in [-0.3, -0.25) is 0 Å². The van der Waals surface area contributed by atoms with E-state index in [2.05, 4.69) is 84.9 Å². The van der Waals surface area contributed by atoms with Crippen LogP contribution in [0.15, 0.2) is 84.9 Å². The fourth-order valence-corrected chi connectivity index (χ4v) is 2.22. The van der Waals surface area contributed by atoms with Gasteiger partial charge in [0, 0.05) is 0 Å². The van der Waals surface area contributed by atoms with E-state index in [1.165, 1.54) is 22.3 Å². The zero-order valence-corrected chi connectivity index (χ0v) is 10.1. The summed E-state index contributed by atoms with van der Waals surface area (Å²) in [6.07, 6.45) is 0. The average molecular weight is 246 g/mol. The summed E-state index contributed by atoms with van der Waals surface area (Å²) in [5, 5.41) is 0. The van der Waals surface area contributed by atoms with E-state index in [0.717, 1.165) is 0 Å². The molecule has 0 fully saturated rings. The minimum Gasteiger partial charge on any atom is -0.0776 e. The Balaban J connectivity index is 0.00000133. The summed E-state index contributed by atoms with van der Waals surface area (Å²) in [7, 11) is 0. The van der Waals surface area contributed by atoms with Crippen LogP contribution in [-0.2, 0) is 0 Å². The van der Waals surface area contributed by atoms with E-state index in [-0.39, 0.29) is 7.43 Å². The van der Waals surface area contributed by atoms with E-state index < -0.39 is 0 Å². The Morgan fingerprint density at radius 3 is 1.05 bits per heavy atom. The van der Waals surface area contributed by atoms with Crippen molar-refractivity contribution in [1.29, 1.82) is 0 Å². The third-order valence-electron chi connectivity index (χ3n) is 3.10. The van der Waals surface area contributed by atoms with E-state index in [4.69, 9.17) is 0 Å². The fraction of sp³-hybridized carbons (Fsp3) is 0.0526. The molecular formula is C19H18. The highest BCUT2D eigenvalue weighted by atomic mass is 14.1. The van der Waals surface area contributed by atoms with E-state index in [1.54, 1.807) is 0 Å². The predicted molar refractivity (Wildman–Crippen MR) is 84.0 cm³/mol. The van der Waals surface area contributed by atoms with Gasteiger partial charge >= 0.3 is 0 Å². The van der Waals surface area contributed by atoms with Gasteiger partial charge in [-0.1, -0.05) is 92.4 Å². The van der Waals surface area contributed by atoms with Crippen molar-refractivity contribution in [3.63, 3.8) is 0 Å². The van der Waals surface area contributed by atoms with Crippen molar-refractivity contribution in [3.8, 4) is 22.3 Å². The highest BCUT2D eigenvalue weighted by Crippen LogP contribution is 2.31. The normalized spacial score (nSPS) is 9.68. The number of benzene rings is 3. The standard InChI is InChI=1S/C18H14.CH4/c1-3-9-15(10-4-1)17-13-7-8-14-18(17)16-11-5-2-6-12-16;/h1-14H;1H4. The van der Waals surface area contributed by atoms with Gasteiger partial charge in [0.05, 0.1) is 0 Å². The first-order valence-corrected chi connectivity index (χ1v) is 6.15. The molecule has 0 heteroatoms. The second-order valence-electron chi connectivity index (χ2n) is 4.28. The summed E-state index contributed by atoms with van der Waals surface area (Å²) in [6, 6.07) is 29.6. The van der Waals surface area contributed by atoms with Crippen molar-refractivity contribution < 1.29 is 0 Å². The molecule has 0 aromatic heterocycles. The molecule has 0 amide bonds. The molecule has 0 atom stereocenters.